The van der Waals surface area contributed by atoms with Gasteiger partial charge in [-0.1, -0.05) is 0 Å². The molecular weight excluding hydrogens is 340 g/mol. The van der Waals surface area contributed by atoms with Gasteiger partial charge < -0.3 is 0 Å². The number of carbonyl (C=O) groups is 1. The van der Waals surface area contributed by atoms with Gasteiger partial charge in [-0.15, -0.1) is 0 Å². The average molecular weight is 358 g/mol. The Morgan fingerprint density at radius 3 is 2.67 bits per heavy atom. The van der Waals surface area contributed by atoms with Crippen LogP contribution in [0.2, 0.25) is 0 Å². The van der Waals surface area contributed by atoms with Gasteiger partial charge in [0.15, 0.2) is 0 Å². The van der Waals surface area contributed by atoms with Gasteiger partial charge in [-0.3, -0.25) is 0 Å². The van der Waals surface area contributed by atoms with Gasteiger partial charge >= 0.3 is 131 Å². The van der Waals surface area contributed by atoms with Crippen molar-refractivity contribution in [2.75, 3.05) is 6.61 Å². The molecular formula is C15H18FNO3Se. The molecule has 1 saturated heterocycles. The van der Waals surface area contributed by atoms with Crippen LogP contribution in [0, 0.1) is 11.7 Å². The van der Waals surface area contributed by atoms with Gasteiger partial charge in [0.25, 0.3) is 0 Å². The first kappa shape index (κ1) is 16.1. The molecule has 2 rings (SSSR count). The fraction of sp³-hybridized carbons (Fsp3) is 0.467. The molecule has 0 aromatic heterocycles. The van der Waals surface area contributed by atoms with Crippen molar-refractivity contribution in [3.05, 3.63) is 35.6 Å². The first-order valence-electron chi connectivity index (χ1n) is 6.82. The Labute approximate surface area is 131 Å². The topological polar surface area (TPSA) is 49.8 Å². The minimum absolute atomic E-state index is 0.0332. The van der Waals surface area contributed by atoms with E-state index in [-0.39, 0.29) is 30.1 Å². The van der Waals surface area contributed by atoms with E-state index in [1.54, 1.807) is 4.90 Å². The van der Waals surface area contributed by atoms with E-state index in [2.05, 4.69) is 15.6 Å². The fourth-order valence-electron chi connectivity index (χ4n) is 2.28. The van der Waals surface area contributed by atoms with Crippen molar-refractivity contribution >= 4 is 26.2 Å². The van der Waals surface area contributed by atoms with E-state index >= 15 is 0 Å². The number of benzene rings is 1. The Bertz CT molecular complexity index is 532. The number of hydrogen-bond donors (Lipinski definition) is 1. The molecule has 6 heteroatoms. The number of halogens is 1. The van der Waals surface area contributed by atoms with Crippen LogP contribution in [-0.2, 0) is 9.53 Å². The Morgan fingerprint density at radius 1 is 1.48 bits per heavy atom. The van der Waals surface area contributed by atoms with Crippen molar-refractivity contribution in [3.8, 4) is 0 Å². The van der Waals surface area contributed by atoms with Crippen LogP contribution in [0.1, 0.15) is 31.9 Å². The van der Waals surface area contributed by atoms with Crippen LogP contribution in [0.15, 0.2) is 24.3 Å². The van der Waals surface area contributed by atoms with Crippen molar-refractivity contribution in [1.29, 1.82) is 0 Å². The van der Waals surface area contributed by atoms with Crippen molar-refractivity contribution in [2.24, 2.45) is 5.92 Å². The monoisotopic (exact) mass is 359 g/mol. The second kappa shape index (κ2) is 6.69. The molecule has 114 valence electrons. The Balaban J connectivity index is 2.06. The van der Waals surface area contributed by atoms with E-state index in [9.17, 15) is 14.3 Å². The molecule has 1 aliphatic rings. The summed E-state index contributed by atoms with van der Waals surface area (Å²) in [6.45, 7) is 4.49. The quantitative estimate of drug-likeness (QED) is 0.828. The molecule has 0 saturated carbocycles. The van der Waals surface area contributed by atoms with E-state index in [0.29, 0.717) is 16.9 Å². The van der Waals surface area contributed by atoms with Crippen LogP contribution >= 0.6 is 0 Å². The van der Waals surface area contributed by atoms with Gasteiger partial charge in [-0.05, 0) is 0 Å². The third kappa shape index (κ3) is 3.70. The zero-order chi connectivity index (χ0) is 15.6. The van der Waals surface area contributed by atoms with Crippen molar-refractivity contribution in [2.45, 2.75) is 32.4 Å². The van der Waals surface area contributed by atoms with E-state index in [4.69, 9.17) is 4.74 Å². The normalized spacial score (nSPS) is 19.8. The number of amides is 1. The molecule has 0 unspecified atom stereocenters. The number of aliphatic hydroxyl groups is 1. The van der Waals surface area contributed by atoms with Crippen LogP contribution in [0.3, 0.4) is 0 Å². The van der Waals surface area contributed by atoms with E-state index < -0.39 is 6.10 Å². The van der Waals surface area contributed by atoms with E-state index in [0.717, 1.165) is 0 Å². The van der Waals surface area contributed by atoms with Crippen molar-refractivity contribution in [3.63, 3.8) is 0 Å². The summed E-state index contributed by atoms with van der Waals surface area (Å²) in [7, 11) is 0. The van der Waals surface area contributed by atoms with E-state index in [1.807, 2.05) is 13.8 Å². The van der Waals surface area contributed by atoms with Crippen LogP contribution in [0.25, 0.3) is 0 Å². The predicted octanol–water partition coefficient (Wildman–Crippen LogP) is 1.39. The molecule has 0 aliphatic carbocycles. The van der Waals surface area contributed by atoms with Gasteiger partial charge in [0, 0.05) is 0 Å². The summed E-state index contributed by atoms with van der Waals surface area (Å²) in [6, 6.07) is 5.47. The van der Waals surface area contributed by atoms with Gasteiger partial charge in [0.1, 0.15) is 0 Å². The molecule has 2 atom stereocenters. The molecule has 1 heterocycles. The van der Waals surface area contributed by atoms with Gasteiger partial charge in [0.2, 0.25) is 0 Å². The molecule has 4 nitrogen and oxygen atoms in total. The Hall–Kier alpha value is -1.23. The van der Waals surface area contributed by atoms with Crippen LogP contribution < -0.4 is 0 Å². The summed E-state index contributed by atoms with van der Waals surface area (Å²) in [5.74, 6) is -0.330. The number of ether oxygens (including phenoxy) is 1. The fourth-order valence-corrected chi connectivity index (χ4v) is 2.92. The predicted molar refractivity (Wildman–Crippen MR) is 78.2 cm³/mol. The number of carbonyl (C=O) groups excluding carboxylic acids is 1. The van der Waals surface area contributed by atoms with E-state index in [1.165, 1.54) is 24.3 Å². The maximum absolute atomic E-state index is 12.9. The Morgan fingerprint density at radius 2 is 2.10 bits per heavy atom. The molecule has 0 spiro atoms. The molecule has 1 amide bonds. The zero-order valence-electron chi connectivity index (χ0n) is 12.0. The van der Waals surface area contributed by atoms with Crippen LogP contribution in [-0.4, -0.2) is 48.9 Å². The summed E-state index contributed by atoms with van der Waals surface area (Å²) in [5.41, 5.74) is 0.521. The van der Waals surface area contributed by atoms with Crippen LogP contribution in [0.4, 0.5) is 4.39 Å². The van der Waals surface area contributed by atoms with Crippen molar-refractivity contribution < 1.29 is 19.0 Å². The molecule has 1 fully saturated rings. The Kier molecular flexibility index (Phi) is 5.14. The second-order valence-electron chi connectivity index (χ2n) is 5.42. The molecule has 1 N–H and O–H groups in total. The third-order valence-corrected chi connectivity index (χ3v) is 4.23. The maximum atomic E-state index is 12.9. The second-order valence-corrected chi connectivity index (χ2v) is 6.16. The summed E-state index contributed by atoms with van der Waals surface area (Å²) >= 11 is 2.74. The SMILES string of the molecule is CC(C)[C@H]1COC(=[Se])N1C(=O)C[C@@H](O)c1ccc(F)cc1. The summed E-state index contributed by atoms with van der Waals surface area (Å²) in [5, 5.41) is 10.1. The first-order valence-corrected chi connectivity index (χ1v) is 7.68. The summed E-state index contributed by atoms with van der Waals surface area (Å²) in [6.07, 6.45) is -1.03. The standard InChI is InChI=1S/C15H18FNO3Se/c1-9(2)12-8-20-15(21)17(12)14(19)7-13(18)10-3-5-11(16)6-4-10/h3-6,9,12-13,18H,7-8H2,1-2H3/t12-,13-/m1/s1. The van der Waals surface area contributed by atoms with Gasteiger partial charge in [-0.2, -0.15) is 0 Å². The zero-order valence-corrected chi connectivity index (χ0v) is 13.7. The summed E-state index contributed by atoms with van der Waals surface area (Å²) < 4.78 is 18.7. The average Bonchev–Trinajstić information content (AvgIpc) is 2.81. The number of rotatable bonds is 4. The number of nitrogens with zero attached hydrogens (tertiary/aromatic N) is 1. The minimum atomic E-state index is -0.959. The third-order valence-electron chi connectivity index (χ3n) is 3.57. The first-order chi connectivity index (χ1) is 9.90. The molecule has 0 radical (unpaired) electrons. The van der Waals surface area contributed by atoms with Crippen molar-refractivity contribution in [1.82, 2.24) is 4.90 Å². The van der Waals surface area contributed by atoms with Gasteiger partial charge in [0.05, 0.1) is 0 Å². The molecule has 1 aromatic rings. The van der Waals surface area contributed by atoms with Gasteiger partial charge in [-0.25, -0.2) is 0 Å². The summed E-state index contributed by atoms with van der Waals surface area (Å²) in [4.78, 5) is 14.0. The molecule has 0 bridgehead atoms. The van der Waals surface area contributed by atoms with Crippen LogP contribution in [0.5, 0.6) is 0 Å². The molecule has 1 aliphatic heterocycles. The number of hydrogen-bond acceptors (Lipinski definition) is 3. The number of aliphatic hydroxyl groups excluding tert-OH is 1. The molecule has 1 aromatic carbocycles. The molecule has 21 heavy (non-hydrogen) atoms.